The molecule has 0 aliphatic carbocycles. The summed E-state index contributed by atoms with van der Waals surface area (Å²) in [4.78, 5) is 47.3. The Morgan fingerprint density at radius 1 is 1.00 bits per heavy atom. The minimum absolute atomic E-state index is 0.0223. The minimum Gasteiger partial charge on any atom is -0.507 e. The maximum Gasteiger partial charge on any atom is 0.295 e. The maximum absolute atomic E-state index is 12.8. The number of Topliss-reactive ketones (excluding diaryl/α,β-unsaturated/α-hetero) is 1. The van der Waals surface area contributed by atoms with E-state index in [9.17, 15) is 34.9 Å². The van der Waals surface area contributed by atoms with Crippen molar-refractivity contribution in [1.82, 2.24) is 4.90 Å². The summed E-state index contributed by atoms with van der Waals surface area (Å²) in [5, 5.41) is 42.0. The molecule has 11 heteroatoms. The Balaban J connectivity index is 2.17. The van der Waals surface area contributed by atoms with Gasteiger partial charge in [0.2, 0.25) is 0 Å². The molecule has 0 saturated carbocycles. The Labute approximate surface area is 175 Å². The number of aliphatic hydroxyl groups excluding tert-OH is 2. The first-order valence-corrected chi connectivity index (χ1v) is 9.14. The van der Waals surface area contributed by atoms with Gasteiger partial charge in [0.05, 0.1) is 21.5 Å². The summed E-state index contributed by atoms with van der Waals surface area (Å²) in [6.45, 7) is -0.279. The molecule has 3 rings (SSSR count). The second-order valence-corrected chi connectivity index (χ2v) is 6.73. The molecule has 1 heterocycles. The zero-order valence-corrected chi connectivity index (χ0v) is 16.0. The van der Waals surface area contributed by atoms with Crippen LogP contribution in [0.2, 0.25) is 0 Å². The lowest BCUT2D eigenvalue weighted by atomic mass is 9.95. The highest BCUT2D eigenvalue weighted by Gasteiger charge is 2.46. The standard InChI is InChI=1S/C20H17N3O8/c24-10-2-9-21-17(13-3-1-4-15(11-13)23(30)31)16(19(26)20(21)27)18(25)12-5-7-14(8-6-12)22(28)29/h1,3-8,11,17,24-25H,2,9-10H2. The van der Waals surface area contributed by atoms with Gasteiger partial charge in [-0.05, 0) is 24.1 Å². The first-order valence-electron chi connectivity index (χ1n) is 9.14. The van der Waals surface area contributed by atoms with Gasteiger partial charge in [-0.2, -0.15) is 0 Å². The summed E-state index contributed by atoms with van der Waals surface area (Å²) >= 11 is 0. The van der Waals surface area contributed by atoms with E-state index in [2.05, 4.69) is 0 Å². The number of ketones is 1. The normalized spacial score (nSPS) is 17.7. The smallest absolute Gasteiger partial charge is 0.295 e. The number of benzene rings is 2. The molecule has 0 aromatic heterocycles. The molecule has 0 bridgehead atoms. The van der Waals surface area contributed by atoms with E-state index in [-0.39, 0.29) is 47.6 Å². The average molecular weight is 427 g/mol. The molecular formula is C20H17N3O8. The molecule has 1 unspecified atom stereocenters. The van der Waals surface area contributed by atoms with Gasteiger partial charge in [-0.1, -0.05) is 12.1 Å². The van der Waals surface area contributed by atoms with Crippen molar-refractivity contribution < 1.29 is 29.6 Å². The molecule has 0 radical (unpaired) electrons. The van der Waals surface area contributed by atoms with E-state index < -0.39 is 33.3 Å². The van der Waals surface area contributed by atoms with E-state index in [1.807, 2.05) is 0 Å². The Hall–Kier alpha value is -4.12. The summed E-state index contributed by atoms with van der Waals surface area (Å²) < 4.78 is 0. The van der Waals surface area contributed by atoms with Crippen LogP contribution >= 0.6 is 0 Å². The first-order chi connectivity index (χ1) is 14.8. The van der Waals surface area contributed by atoms with Crippen molar-refractivity contribution in [3.8, 4) is 0 Å². The van der Waals surface area contributed by atoms with Crippen molar-refractivity contribution >= 4 is 28.8 Å². The van der Waals surface area contributed by atoms with E-state index in [0.29, 0.717) is 0 Å². The third-order valence-corrected chi connectivity index (χ3v) is 4.85. The van der Waals surface area contributed by atoms with Crippen LogP contribution in [0, 0.1) is 20.2 Å². The summed E-state index contributed by atoms with van der Waals surface area (Å²) in [6, 6.07) is 8.95. The van der Waals surface area contributed by atoms with Gasteiger partial charge < -0.3 is 15.1 Å². The molecular weight excluding hydrogens is 410 g/mol. The number of hydrogen-bond acceptors (Lipinski definition) is 8. The number of amides is 1. The molecule has 2 aromatic rings. The van der Waals surface area contributed by atoms with Gasteiger partial charge in [0.1, 0.15) is 5.76 Å². The molecule has 1 aliphatic heterocycles. The van der Waals surface area contributed by atoms with E-state index >= 15 is 0 Å². The summed E-state index contributed by atoms with van der Waals surface area (Å²) in [5.41, 5.74) is -0.482. The number of hydrogen-bond donors (Lipinski definition) is 2. The monoisotopic (exact) mass is 427 g/mol. The van der Waals surface area contributed by atoms with Crippen LogP contribution in [-0.2, 0) is 9.59 Å². The highest BCUT2D eigenvalue weighted by molar-refractivity contribution is 6.46. The second-order valence-electron chi connectivity index (χ2n) is 6.73. The molecule has 160 valence electrons. The number of carbonyl (C=O) groups excluding carboxylic acids is 2. The van der Waals surface area contributed by atoms with E-state index in [1.54, 1.807) is 0 Å². The third kappa shape index (κ3) is 4.12. The lowest BCUT2D eigenvalue weighted by Gasteiger charge is -2.25. The number of carbonyl (C=O) groups is 2. The molecule has 2 aromatic carbocycles. The van der Waals surface area contributed by atoms with Gasteiger partial charge in [0, 0.05) is 43.0 Å². The second kappa shape index (κ2) is 8.71. The van der Waals surface area contributed by atoms with Crippen LogP contribution in [0.15, 0.2) is 54.1 Å². The lowest BCUT2D eigenvalue weighted by Crippen LogP contribution is -2.31. The van der Waals surface area contributed by atoms with Gasteiger partial charge in [0.25, 0.3) is 23.1 Å². The topological polar surface area (TPSA) is 164 Å². The van der Waals surface area contributed by atoms with Gasteiger partial charge in [-0.15, -0.1) is 0 Å². The number of nitrogens with zero attached hydrogens (tertiary/aromatic N) is 3. The van der Waals surface area contributed by atoms with Crippen LogP contribution in [0.5, 0.6) is 0 Å². The summed E-state index contributed by atoms with van der Waals surface area (Å²) in [6.07, 6.45) is 0.149. The zero-order valence-electron chi connectivity index (χ0n) is 16.0. The van der Waals surface area contributed by atoms with Gasteiger partial charge >= 0.3 is 0 Å². The van der Waals surface area contributed by atoms with E-state index in [0.717, 1.165) is 17.0 Å². The third-order valence-electron chi connectivity index (χ3n) is 4.85. The Morgan fingerprint density at radius 2 is 1.65 bits per heavy atom. The summed E-state index contributed by atoms with van der Waals surface area (Å²) in [7, 11) is 0. The highest BCUT2D eigenvalue weighted by Crippen LogP contribution is 2.40. The number of nitro groups is 2. The largest absolute Gasteiger partial charge is 0.507 e. The minimum atomic E-state index is -1.12. The molecule has 31 heavy (non-hydrogen) atoms. The molecule has 1 saturated heterocycles. The van der Waals surface area contributed by atoms with Crippen molar-refractivity contribution in [2.24, 2.45) is 0 Å². The lowest BCUT2D eigenvalue weighted by molar-refractivity contribution is -0.385. The Morgan fingerprint density at radius 3 is 2.23 bits per heavy atom. The number of aliphatic hydroxyl groups is 2. The number of likely N-dealkylation sites (tertiary alicyclic amines) is 1. The van der Waals surface area contributed by atoms with Crippen LogP contribution in [0.25, 0.3) is 5.76 Å². The van der Waals surface area contributed by atoms with Gasteiger partial charge in [-0.3, -0.25) is 29.8 Å². The van der Waals surface area contributed by atoms with Gasteiger partial charge in [0.15, 0.2) is 0 Å². The fraction of sp³-hybridized carbons (Fsp3) is 0.200. The SMILES string of the molecule is O=C1C(=O)N(CCCO)C(c2cccc([N+](=O)[O-])c2)C1=C(O)c1ccc([N+](=O)[O-])cc1. The average Bonchev–Trinajstić information content (AvgIpc) is 3.02. The van der Waals surface area contributed by atoms with Crippen molar-refractivity contribution in [2.75, 3.05) is 13.2 Å². The number of rotatable bonds is 7. The molecule has 1 amide bonds. The van der Waals surface area contributed by atoms with Crippen LogP contribution in [0.1, 0.15) is 23.6 Å². The molecule has 1 atom stereocenters. The van der Waals surface area contributed by atoms with E-state index in [1.165, 1.54) is 36.4 Å². The predicted molar refractivity (Wildman–Crippen MR) is 107 cm³/mol. The Bertz CT molecular complexity index is 1090. The molecule has 1 aliphatic rings. The van der Waals surface area contributed by atoms with Crippen LogP contribution in [-0.4, -0.2) is 49.8 Å². The van der Waals surface area contributed by atoms with E-state index in [4.69, 9.17) is 5.11 Å². The fourth-order valence-electron chi connectivity index (χ4n) is 3.40. The van der Waals surface area contributed by atoms with Crippen molar-refractivity contribution in [1.29, 1.82) is 0 Å². The van der Waals surface area contributed by atoms with Crippen molar-refractivity contribution in [3.05, 3.63) is 85.5 Å². The first kappa shape index (κ1) is 21.6. The highest BCUT2D eigenvalue weighted by atomic mass is 16.6. The Kier molecular flexibility index (Phi) is 6.07. The number of nitro benzene ring substituents is 2. The fourth-order valence-corrected chi connectivity index (χ4v) is 3.40. The summed E-state index contributed by atoms with van der Waals surface area (Å²) in [5.74, 6) is -2.48. The molecule has 2 N–H and O–H groups in total. The van der Waals surface area contributed by atoms with Crippen LogP contribution in [0.3, 0.4) is 0 Å². The van der Waals surface area contributed by atoms with Crippen LogP contribution in [0.4, 0.5) is 11.4 Å². The van der Waals surface area contributed by atoms with Crippen LogP contribution < -0.4 is 0 Å². The molecule has 11 nitrogen and oxygen atoms in total. The molecule has 0 spiro atoms. The number of non-ortho nitro benzene ring substituents is 2. The quantitative estimate of drug-likeness (QED) is 0.223. The predicted octanol–water partition coefficient (Wildman–Crippen LogP) is 2.31. The van der Waals surface area contributed by atoms with Crippen molar-refractivity contribution in [3.63, 3.8) is 0 Å². The van der Waals surface area contributed by atoms with Crippen molar-refractivity contribution in [2.45, 2.75) is 12.5 Å². The van der Waals surface area contributed by atoms with Gasteiger partial charge in [-0.25, -0.2) is 0 Å². The maximum atomic E-state index is 12.8. The molecule has 1 fully saturated rings. The zero-order chi connectivity index (χ0) is 22.7.